The maximum absolute atomic E-state index is 15.1. The highest BCUT2D eigenvalue weighted by atomic mass is 35.5. The molecular weight excluding hydrogens is 527 g/mol. The largest absolute Gasteiger partial charge is 0.324 e. The van der Waals surface area contributed by atoms with Crippen LogP contribution in [0.2, 0.25) is 5.02 Å². The van der Waals surface area contributed by atoms with Crippen LogP contribution >= 0.6 is 11.6 Å². The Balaban J connectivity index is 1.51. The number of halogens is 2. The zero-order valence-electron chi connectivity index (χ0n) is 22.2. The zero-order valence-corrected chi connectivity index (χ0v) is 23.7. The number of hydrogen-bond donors (Lipinski definition) is 3. The average Bonchev–Trinajstić information content (AvgIpc) is 3.70. The third kappa shape index (κ3) is 6.39. The lowest BCUT2D eigenvalue weighted by atomic mass is 9.82. The van der Waals surface area contributed by atoms with Crippen LogP contribution < -0.4 is 16.4 Å². The molecular formula is C28H38ClFN4O3S. The van der Waals surface area contributed by atoms with Gasteiger partial charge in [0.05, 0.1) is 11.3 Å². The van der Waals surface area contributed by atoms with Crippen molar-refractivity contribution < 1.29 is 17.6 Å². The molecule has 0 unspecified atom stereocenters. The van der Waals surface area contributed by atoms with Gasteiger partial charge >= 0.3 is 0 Å². The molecule has 38 heavy (non-hydrogen) atoms. The monoisotopic (exact) mass is 564 g/mol. The maximum Gasteiger partial charge on any atom is 0.241 e. The molecule has 208 valence electrons. The van der Waals surface area contributed by atoms with Crippen molar-refractivity contribution in [3.63, 3.8) is 0 Å². The van der Waals surface area contributed by atoms with Crippen molar-refractivity contribution in [1.29, 1.82) is 0 Å². The van der Waals surface area contributed by atoms with Gasteiger partial charge in [-0.1, -0.05) is 43.6 Å². The molecule has 4 rings (SSSR count). The van der Waals surface area contributed by atoms with Crippen LogP contribution in [0.4, 0.5) is 10.1 Å². The number of anilines is 1. The second-order valence-electron chi connectivity index (χ2n) is 10.9. The fourth-order valence-corrected chi connectivity index (χ4v) is 8.01. The predicted molar refractivity (Wildman–Crippen MR) is 150 cm³/mol. The number of nitrogens with zero attached hydrogens (tertiary/aromatic N) is 1. The summed E-state index contributed by atoms with van der Waals surface area (Å²) in [4.78, 5) is 13.3. The van der Waals surface area contributed by atoms with Gasteiger partial charge in [0.25, 0.3) is 0 Å². The highest BCUT2D eigenvalue weighted by molar-refractivity contribution is 7.90. The van der Waals surface area contributed by atoms with Crippen LogP contribution in [0.25, 0.3) is 0 Å². The molecule has 1 saturated heterocycles. The standard InChI is InChI=1S/C28H38ClFN4O3S/c1-17(2)26(19-6-4-7-20(29)14-19)27(31)28(35)33-25-9-5-8-24(30)23(25)13-10-21-16-32-15-18(3)34(21)38(36,37)22-11-12-22/h4-9,14,17-18,21-22,26-27,32H,10-13,15-16,31H2,1-3H3,(H,33,35)/t18-,21-,26+,27-/m0/s1. The normalized spacial score (nSPS) is 22.3. The number of carbonyl (C=O) groups excluding carboxylic acids is 1. The van der Waals surface area contributed by atoms with Crippen molar-refractivity contribution in [2.75, 3.05) is 18.4 Å². The summed E-state index contributed by atoms with van der Waals surface area (Å²) in [5, 5.41) is 6.42. The first-order valence-electron chi connectivity index (χ1n) is 13.3. The van der Waals surface area contributed by atoms with E-state index in [4.69, 9.17) is 17.3 Å². The molecule has 0 spiro atoms. The number of rotatable bonds is 10. The minimum absolute atomic E-state index is 0.0568. The smallest absolute Gasteiger partial charge is 0.241 e. The molecule has 1 aliphatic heterocycles. The van der Waals surface area contributed by atoms with Crippen LogP contribution in [0.1, 0.15) is 57.1 Å². The van der Waals surface area contributed by atoms with E-state index in [1.165, 1.54) is 6.07 Å². The maximum atomic E-state index is 15.1. The Morgan fingerprint density at radius 2 is 1.92 bits per heavy atom. The van der Waals surface area contributed by atoms with Crippen LogP contribution in [0.5, 0.6) is 0 Å². The van der Waals surface area contributed by atoms with Gasteiger partial charge in [0.1, 0.15) is 5.82 Å². The number of piperazine rings is 1. The Labute approximate surface area is 230 Å². The van der Waals surface area contributed by atoms with Crippen molar-refractivity contribution in [3.05, 3.63) is 64.4 Å². The molecule has 1 amide bonds. The van der Waals surface area contributed by atoms with E-state index in [-0.39, 0.29) is 35.6 Å². The summed E-state index contributed by atoms with van der Waals surface area (Å²) >= 11 is 6.18. The number of sulfonamides is 1. The molecule has 4 atom stereocenters. The van der Waals surface area contributed by atoms with Crippen molar-refractivity contribution in [2.45, 2.75) is 75.7 Å². The first-order chi connectivity index (χ1) is 18.0. The third-order valence-corrected chi connectivity index (χ3v) is 10.4. The third-order valence-electron chi connectivity index (χ3n) is 7.60. The van der Waals surface area contributed by atoms with E-state index in [2.05, 4.69) is 10.6 Å². The van der Waals surface area contributed by atoms with Crippen molar-refractivity contribution in [2.24, 2.45) is 11.7 Å². The summed E-state index contributed by atoms with van der Waals surface area (Å²) < 4.78 is 43.0. The number of carbonyl (C=O) groups is 1. The van der Waals surface area contributed by atoms with Gasteiger partial charge in [-0.2, -0.15) is 4.31 Å². The van der Waals surface area contributed by atoms with Crippen LogP contribution in [0, 0.1) is 11.7 Å². The van der Waals surface area contributed by atoms with Crippen LogP contribution in [0.3, 0.4) is 0 Å². The summed E-state index contributed by atoms with van der Waals surface area (Å²) in [7, 11) is -3.39. The molecule has 10 heteroatoms. The molecule has 2 aromatic carbocycles. The number of nitrogens with two attached hydrogens (primary N) is 1. The first kappa shape index (κ1) is 29.0. The summed E-state index contributed by atoms with van der Waals surface area (Å²) in [5.74, 6) is -1.09. The SMILES string of the molecule is CC(C)[C@H](c1cccc(Cl)c1)[C@H](N)C(=O)Nc1cccc(F)c1CC[C@H]1CNC[C@H](C)N1S(=O)(=O)C1CC1. The van der Waals surface area contributed by atoms with E-state index in [0.717, 1.165) is 5.56 Å². The molecule has 1 saturated carbocycles. The lowest BCUT2D eigenvalue weighted by Crippen LogP contribution is -2.59. The predicted octanol–water partition coefficient (Wildman–Crippen LogP) is 4.27. The van der Waals surface area contributed by atoms with Crippen molar-refractivity contribution >= 4 is 33.2 Å². The molecule has 2 aliphatic rings. The van der Waals surface area contributed by atoms with Crippen molar-refractivity contribution in [1.82, 2.24) is 9.62 Å². The molecule has 0 radical (unpaired) electrons. The molecule has 7 nitrogen and oxygen atoms in total. The molecule has 1 heterocycles. The Hall–Kier alpha value is -2.04. The van der Waals surface area contributed by atoms with Gasteiger partial charge in [-0.05, 0) is 68.4 Å². The summed E-state index contributed by atoms with van der Waals surface area (Å²) in [5.41, 5.74) is 8.02. The molecule has 2 fully saturated rings. The van der Waals surface area contributed by atoms with Crippen LogP contribution in [0.15, 0.2) is 42.5 Å². The second-order valence-corrected chi connectivity index (χ2v) is 13.4. The first-order valence-corrected chi connectivity index (χ1v) is 15.2. The van der Waals surface area contributed by atoms with E-state index in [0.29, 0.717) is 48.6 Å². The van der Waals surface area contributed by atoms with E-state index < -0.39 is 27.8 Å². The minimum atomic E-state index is -3.39. The van der Waals surface area contributed by atoms with E-state index in [9.17, 15) is 13.2 Å². The average molecular weight is 565 g/mol. The summed E-state index contributed by atoms with van der Waals surface area (Å²) in [6, 6.07) is 10.5. The van der Waals surface area contributed by atoms with Crippen LogP contribution in [-0.4, -0.2) is 55.1 Å². The van der Waals surface area contributed by atoms with Crippen molar-refractivity contribution in [3.8, 4) is 0 Å². The van der Waals surface area contributed by atoms with E-state index >= 15 is 4.39 Å². The Morgan fingerprint density at radius 3 is 2.58 bits per heavy atom. The van der Waals surface area contributed by atoms with Gasteiger partial charge in [0.2, 0.25) is 15.9 Å². The fourth-order valence-electron chi connectivity index (χ4n) is 5.57. The lowest BCUT2D eigenvalue weighted by Gasteiger charge is -2.40. The topological polar surface area (TPSA) is 105 Å². The highest BCUT2D eigenvalue weighted by Gasteiger charge is 2.45. The number of benzene rings is 2. The van der Waals surface area contributed by atoms with E-state index in [1.54, 1.807) is 22.5 Å². The molecule has 4 N–H and O–H groups in total. The minimum Gasteiger partial charge on any atom is -0.324 e. The Morgan fingerprint density at radius 1 is 1.21 bits per heavy atom. The van der Waals surface area contributed by atoms with Gasteiger partial charge in [-0.25, -0.2) is 12.8 Å². The fraction of sp³-hybridized carbons (Fsp3) is 0.536. The summed E-state index contributed by atoms with van der Waals surface area (Å²) in [6.45, 7) is 6.98. The highest BCUT2D eigenvalue weighted by Crippen LogP contribution is 2.35. The Bertz CT molecular complexity index is 1250. The van der Waals surface area contributed by atoms with E-state index in [1.807, 2.05) is 39.0 Å². The zero-order chi connectivity index (χ0) is 27.6. The van der Waals surface area contributed by atoms with Gasteiger partial charge in [0.15, 0.2) is 0 Å². The number of hydrogen-bond acceptors (Lipinski definition) is 5. The molecule has 0 bridgehead atoms. The molecule has 2 aromatic rings. The van der Waals surface area contributed by atoms with Gasteiger partial charge in [-0.3, -0.25) is 4.79 Å². The number of nitrogens with one attached hydrogen (secondary N) is 2. The van der Waals surface area contributed by atoms with Gasteiger partial charge in [0, 0.05) is 47.4 Å². The van der Waals surface area contributed by atoms with Gasteiger partial charge in [-0.15, -0.1) is 0 Å². The molecule has 1 aliphatic carbocycles. The number of amides is 1. The Kier molecular flexibility index (Phi) is 9.15. The van der Waals surface area contributed by atoms with Crippen LogP contribution in [-0.2, 0) is 21.2 Å². The second kappa shape index (κ2) is 12.0. The quantitative estimate of drug-likeness (QED) is 0.400. The lowest BCUT2D eigenvalue weighted by molar-refractivity contribution is -0.118. The van der Waals surface area contributed by atoms with Gasteiger partial charge < -0.3 is 16.4 Å². The molecule has 0 aromatic heterocycles. The summed E-state index contributed by atoms with van der Waals surface area (Å²) in [6.07, 6.45) is 2.09.